The number of fused-ring (bicyclic) bond motifs is 1. The van der Waals surface area contributed by atoms with Crippen LogP contribution in [0, 0.1) is 0 Å². The summed E-state index contributed by atoms with van der Waals surface area (Å²) in [7, 11) is -3.75. The van der Waals surface area contributed by atoms with Crippen molar-refractivity contribution in [3.05, 3.63) is 60.2 Å². The van der Waals surface area contributed by atoms with Crippen molar-refractivity contribution in [3.8, 4) is 11.5 Å². The third-order valence-electron chi connectivity index (χ3n) is 5.86. The number of carbonyl (C=O) groups is 1. The fourth-order valence-corrected chi connectivity index (χ4v) is 4.97. The monoisotopic (exact) mass is 485 g/mol. The Hall–Kier alpha value is -2.88. The summed E-state index contributed by atoms with van der Waals surface area (Å²) in [6, 6.07) is 14.7. The molecule has 4 rings (SSSR count). The first-order valence-corrected chi connectivity index (χ1v) is 13.1. The lowest BCUT2D eigenvalue weighted by Gasteiger charge is -2.34. The van der Waals surface area contributed by atoms with Crippen LogP contribution in [0.1, 0.15) is 18.4 Å². The molecule has 182 valence electrons. The highest BCUT2D eigenvalue weighted by atomic mass is 32.2. The van der Waals surface area contributed by atoms with Crippen molar-refractivity contribution in [1.29, 1.82) is 0 Å². The first kappa shape index (κ1) is 24.3. The largest absolute Gasteiger partial charge is 0.490 e. The lowest BCUT2D eigenvalue weighted by molar-refractivity contribution is -0.132. The Morgan fingerprint density at radius 1 is 0.971 bits per heavy atom. The molecule has 1 fully saturated rings. The zero-order valence-electron chi connectivity index (χ0n) is 19.2. The zero-order valence-corrected chi connectivity index (χ0v) is 20.0. The fourth-order valence-electron chi connectivity index (χ4n) is 3.93. The highest BCUT2D eigenvalue weighted by Crippen LogP contribution is 2.31. The Kier molecular flexibility index (Phi) is 8.21. The van der Waals surface area contributed by atoms with Crippen molar-refractivity contribution in [2.24, 2.45) is 0 Å². The van der Waals surface area contributed by atoms with Crippen LogP contribution in [0.4, 0.5) is 0 Å². The van der Waals surface area contributed by atoms with E-state index >= 15 is 0 Å². The van der Waals surface area contributed by atoms with E-state index in [1.165, 1.54) is 17.7 Å². The van der Waals surface area contributed by atoms with Crippen LogP contribution in [0.3, 0.4) is 0 Å². The molecule has 1 saturated heterocycles. The van der Waals surface area contributed by atoms with Gasteiger partial charge in [0.25, 0.3) is 0 Å². The van der Waals surface area contributed by atoms with Crippen molar-refractivity contribution in [1.82, 2.24) is 14.5 Å². The molecule has 9 heteroatoms. The average molecular weight is 486 g/mol. The van der Waals surface area contributed by atoms with E-state index in [4.69, 9.17) is 9.47 Å². The average Bonchev–Trinajstić information content (AvgIpc) is 3.10. The maximum atomic E-state index is 12.7. The van der Waals surface area contributed by atoms with Gasteiger partial charge in [-0.05, 0) is 17.7 Å². The first-order chi connectivity index (χ1) is 16.5. The molecule has 34 heavy (non-hydrogen) atoms. The number of nitrogens with zero attached hydrogens (tertiary/aromatic N) is 2. The molecule has 0 bridgehead atoms. The van der Waals surface area contributed by atoms with E-state index in [-0.39, 0.29) is 23.8 Å². The van der Waals surface area contributed by atoms with Gasteiger partial charge in [0.15, 0.2) is 11.5 Å². The van der Waals surface area contributed by atoms with E-state index in [2.05, 4.69) is 33.9 Å². The number of carbonyl (C=O) groups excluding carboxylic acids is 1. The predicted molar refractivity (Wildman–Crippen MR) is 130 cm³/mol. The second kappa shape index (κ2) is 11.5. The van der Waals surface area contributed by atoms with E-state index in [1.807, 2.05) is 18.2 Å². The number of hydrogen-bond donors (Lipinski definition) is 1. The third kappa shape index (κ3) is 6.59. The van der Waals surface area contributed by atoms with Crippen LogP contribution in [0.15, 0.2) is 59.5 Å². The van der Waals surface area contributed by atoms with E-state index in [0.29, 0.717) is 37.8 Å². The summed E-state index contributed by atoms with van der Waals surface area (Å²) >= 11 is 0. The Balaban J connectivity index is 1.20. The Morgan fingerprint density at radius 3 is 2.47 bits per heavy atom. The molecule has 2 heterocycles. The highest BCUT2D eigenvalue weighted by Gasteiger charge is 2.22. The lowest BCUT2D eigenvalue weighted by atomic mass is 10.2. The van der Waals surface area contributed by atoms with Crippen molar-refractivity contribution in [2.45, 2.75) is 17.7 Å². The Morgan fingerprint density at radius 2 is 1.71 bits per heavy atom. The van der Waals surface area contributed by atoms with E-state index < -0.39 is 10.0 Å². The highest BCUT2D eigenvalue weighted by molar-refractivity contribution is 7.89. The molecule has 2 aliphatic rings. The summed E-state index contributed by atoms with van der Waals surface area (Å²) in [5.74, 6) is 0.926. The SMILES string of the molecule is O=C(CCNS(=O)(=O)c1ccc2c(c1)OCCCO2)N1CCN(C/C=C/c2ccccc2)CC1. The van der Waals surface area contributed by atoms with Gasteiger partial charge in [-0.25, -0.2) is 13.1 Å². The Labute approximate surface area is 201 Å². The van der Waals surface area contributed by atoms with E-state index in [9.17, 15) is 13.2 Å². The molecule has 0 saturated carbocycles. The van der Waals surface area contributed by atoms with Gasteiger partial charge in [0.1, 0.15) is 0 Å². The number of piperazine rings is 1. The van der Waals surface area contributed by atoms with E-state index in [0.717, 1.165) is 26.1 Å². The summed E-state index contributed by atoms with van der Waals surface area (Å²) in [6.45, 7) is 4.80. The topological polar surface area (TPSA) is 88.2 Å². The number of rotatable bonds is 8. The van der Waals surface area contributed by atoms with Crippen LogP contribution in [0.2, 0.25) is 0 Å². The minimum Gasteiger partial charge on any atom is -0.490 e. The smallest absolute Gasteiger partial charge is 0.240 e. The molecule has 0 radical (unpaired) electrons. The molecule has 2 aliphatic heterocycles. The standard InChI is InChI=1S/C25H31N3O5S/c29-25(28-16-14-27(15-17-28)13-4-8-21-6-2-1-3-7-21)11-12-26-34(30,31)22-9-10-23-24(20-22)33-19-5-18-32-23/h1-4,6-10,20,26H,5,11-19H2/b8-4+. The molecule has 0 unspecified atom stereocenters. The molecule has 0 aromatic heterocycles. The Bertz CT molecular complexity index is 1100. The third-order valence-corrected chi connectivity index (χ3v) is 7.32. The zero-order chi connectivity index (χ0) is 23.8. The van der Waals surface area contributed by atoms with Crippen LogP contribution in [0.5, 0.6) is 11.5 Å². The summed E-state index contributed by atoms with van der Waals surface area (Å²) < 4.78 is 39.0. The van der Waals surface area contributed by atoms with Gasteiger partial charge in [-0.15, -0.1) is 0 Å². The fraction of sp³-hybridized carbons (Fsp3) is 0.400. The van der Waals surface area contributed by atoms with Crippen LogP contribution >= 0.6 is 0 Å². The lowest BCUT2D eigenvalue weighted by Crippen LogP contribution is -2.49. The van der Waals surface area contributed by atoms with Gasteiger partial charge < -0.3 is 14.4 Å². The summed E-state index contributed by atoms with van der Waals surface area (Å²) in [6.07, 6.45) is 5.11. The normalized spacial score (nSPS) is 17.0. The van der Waals surface area contributed by atoms with E-state index in [1.54, 1.807) is 11.0 Å². The second-order valence-corrected chi connectivity index (χ2v) is 10.1. The number of nitrogens with one attached hydrogen (secondary N) is 1. The molecule has 2 aromatic carbocycles. The number of benzene rings is 2. The molecule has 8 nitrogen and oxygen atoms in total. The first-order valence-electron chi connectivity index (χ1n) is 11.6. The van der Waals surface area contributed by atoms with Crippen molar-refractivity contribution >= 4 is 22.0 Å². The molecular formula is C25H31N3O5S. The summed E-state index contributed by atoms with van der Waals surface area (Å²) in [5.41, 5.74) is 1.17. The van der Waals surface area contributed by atoms with Gasteiger partial charge in [-0.3, -0.25) is 9.69 Å². The van der Waals surface area contributed by atoms with Gasteiger partial charge >= 0.3 is 0 Å². The maximum absolute atomic E-state index is 12.7. The molecule has 0 aliphatic carbocycles. The van der Waals surface area contributed by atoms with Gasteiger partial charge in [-0.2, -0.15) is 0 Å². The molecular weight excluding hydrogens is 454 g/mol. The number of amides is 1. The molecule has 1 amide bonds. The molecule has 2 aromatic rings. The molecule has 0 atom stereocenters. The summed E-state index contributed by atoms with van der Waals surface area (Å²) in [4.78, 5) is 16.8. The van der Waals surface area contributed by atoms with Crippen LogP contribution in [-0.2, 0) is 14.8 Å². The van der Waals surface area contributed by atoms with Crippen molar-refractivity contribution in [2.75, 3.05) is 52.5 Å². The minimum absolute atomic E-state index is 0.0409. The second-order valence-electron chi connectivity index (χ2n) is 8.30. The van der Waals surface area contributed by atoms with Gasteiger partial charge in [-0.1, -0.05) is 42.5 Å². The molecule has 1 N–H and O–H groups in total. The van der Waals surface area contributed by atoms with Crippen LogP contribution < -0.4 is 14.2 Å². The van der Waals surface area contributed by atoms with Crippen LogP contribution in [-0.4, -0.2) is 76.6 Å². The number of hydrogen-bond acceptors (Lipinski definition) is 6. The molecule has 0 spiro atoms. The number of sulfonamides is 1. The maximum Gasteiger partial charge on any atom is 0.240 e. The van der Waals surface area contributed by atoms with Gasteiger partial charge in [0.2, 0.25) is 15.9 Å². The van der Waals surface area contributed by atoms with Gasteiger partial charge in [0, 0.05) is 58.2 Å². The quantitative estimate of drug-likeness (QED) is 0.618. The van der Waals surface area contributed by atoms with Crippen molar-refractivity contribution < 1.29 is 22.7 Å². The van der Waals surface area contributed by atoms with Gasteiger partial charge in [0.05, 0.1) is 18.1 Å². The minimum atomic E-state index is -3.75. The summed E-state index contributed by atoms with van der Waals surface area (Å²) in [5, 5.41) is 0. The van der Waals surface area contributed by atoms with Crippen LogP contribution in [0.25, 0.3) is 6.08 Å². The number of ether oxygens (including phenoxy) is 2. The predicted octanol–water partition coefficient (Wildman–Crippen LogP) is 2.37. The van der Waals surface area contributed by atoms with Crippen molar-refractivity contribution in [3.63, 3.8) is 0 Å².